The third-order valence-corrected chi connectivity index (χ3v) is 4.09. The van der Waals surface area contributed by atoms with Crippen molar-refractivity contribution in [2.45, 2.75) is 38.6 Å². The van der Waals surface area contributed by atoms with E-state index in [1.807, 2.05) is 12.1 Å². The Kier molecular flexibility index (Phi) is 4.53. The second kappa shape index (κ2) is 6.15. The maximum Gasteiger partial charge on any atom is 0.173 e. The fourth-order valence-electron chi connectivity index (χ4n) is 2.90. The topological polar surface area (TPSA) is 61.8 Å². The maximum atomic E-state index is 8.94. The summed E-state index contributed by atoms with van der Waals surface area (Å²) in [5.74, 6) is 0.0667. The monoisotopic (exact) mass is 281 g/mol. The fraction of sp³-hybridized carbons (Fsp3) is 0.500. The molecule has 0 spiro atoms. The Morgan fingerprint density at radius 1 is 1.47 bits per heavy atom. The molecule has 0 aliphatic heterocycles. The number of rotatable bonds is 4. The number of nitrogens with zero attached hydrogens (tertiary/aromatic N) is 2. The van der Waals surface area contributed by atoms with Crippen LogP contribution < -0.4 is 10.6 Å². The van der Waals surface area contributed by atoms with Gasteiger partial charge in [-0.1, -0.05) is 35.7 Å². The molecule has 1 fully saturated rings. The molecule has 1 aromatic rings. The van der Waals surface area contributed by atoms with Gasteiger partial charge < -0.3 is 15.8 Å². The molecular formula is C14H20ClN3O. The predicted octanol–water partition coefficient (Wildman–Crippen LogP) is 3.20. The molecule has 0 aromatic heterocycles. The van der Waals surface area contributed by atoms with Crippen LogP contribution >= 0.6 is 11.6 Å². The van der Waals surface area contributed by atoms with E-state index in [9.17, 15) is 0 Å². The molecule has 3 N–H and O–H groups in total. The van der Waals surface area contributed by atoms with Gasteiger partial charge in [0.2, 0.25) is 0 Å². The molecule has 1 aromatic carbocycles. The molecule has 0 atom stereocenters. The van der Waals surface area contributed by atoms with E-state index in [1.165, 1.54) is 25.7 Å². The Hall–Kier alpha value is -1.42. The van der Waals surface area contributed by atoms with Crippen molar-refractivity contribution >= 4 is 23.1 Å². The first kappa shape index (κ1) is 14.0. The summed E-state index contributed by atoms with van der Waals surface area (Å²) in [4.78, 5) is 2.31. The first-order valence-corrected chi connectivity index (χ1v) is 7.09. The lowest BCUT2D eigenvalue weighted by molar-refractivity contribution is 0.318. The van der Waals surface area contributed by atoms with Gasteiger partial charge in [-0.3, -0.25) is 0 Å². The van der Waals surface area contributed by atoms with E-state index in [-0.39, 0.29) is 5.84 Å². The standard InChI is InChI=1S/C14H20ClN3O/c1-2-18(10-6-3-4-7-10)12-9-5-8-11(15)13(12)14(16)17-19/h5,8-10,19H,2-4,6-7H2,1H3,(H2,16,17). The molecule has 0 heterocycles. The number of anilines is 1. The lowest BCUT2D eigenvalue weighted by Gasteiger charge is -2.31. The van der Waals surface area contributed by atoms with E-state index >= 15 is 0 Å². The number of hydrogen-bond acceptors (Lipinski definition) is 3. The zero-order valence-corrected chi connectivity index (χ0v) is 11.9. The van der Waals surface area contributed by atoms with Crippen LogP contribution in [-0.2, 0) is 0 Å². The number of oxime groups is 1. The third kappa shape index (κ3) is 2.78. The van der Waals surface area contributed by atoms with Gasteiger partial charge in [-0.25, -0.2) is 0 Å². The third-order valence-electron chi connectivity index (χ3n) is 3.77. The zero-order valence-electron chi connectivity index (χ0n) is 11.1. The number of benzene rings is 1. The van der Waals surface area contributed by atoms with Crippen molar-refractivity contribution < 1.29 is 5.21 Å². The average Bonchev–Trinajstić information content (AvgIpc) is 2.93. The van der Waals surface area contributed by atoms with Crippen LogP contribution in [0.5, 0.6) is 0 Å². The van der Waals surface area contributed by atoms with E-state index < -0.39 is 0 Å². The summed E-state index contributed by atoms with van der Waals surface area (Å²) in [7, 11) is 0. The van der Waals surface area contributed by atoms with Crippen molar-refractivity contribution in [1.29, 1.82) is 0 Å². The quantitative estimate of drug-likeness (QED) is 0.386. The van der Waals surface area contributed by atoms with Crippen molar-refractivity contribution in [1.82, 2.24) is 0 Å². The van der Waals surface area contributed by atoms with Crippen LogP contribution in [0.2, 0.25) is 5.02 Å². The Bertz CT molecular complexity index is 470. The fourth-order valence-corrected chi connectivity index (χ4v) is 3.16. The number of amidine groups is 1. The molecule has 4 nitrogen and oxygen atoms in total. The van der Waals surface area contributed by atoms with Crippen LogP contribution in [-0.4, -0.2) is 23.6 Å². The van der Waals surface area contributed by atoms with Crippen LogP contribution in [0.4, 0.5) is 5.69 Å². The van der Waals surface area contributed by atoms with E-state index in [0.717, 1.165) is 12.2 Å². The number of nitrogens with two attached hydrogens (primary N) is 1. The van der Waals surface area contributed by atoms with Crippen LogP contribution in [0.15, 0.2) is 23.4 Å². The van der Waals surface area contributed by atoms with Crippen molar-refractivity contribution in [2.24, 2.45) is 10.9 Å². The van der Waals surface area contributed by atoms with Crippen LogP contribution in [0, 0.1) is 0 Å². The van der Waals surface area contributed by atoms with Gasteiger partial charge in [0.05, 0.1) is 10.6 Å². The normalized spacial score (nSPS) is 16.8. The summed E-state index contributed by atoms with van der Waals surface area (Å²) in [6, 6.07) is 6.18. The predicted molar refractivity (Wildman–Crippen MR) is 79.2 cm³/mol. The van der Waals surface area contributed by atoms with Gasteiger partial charge in [0.15, 0.2) is 5.84 Å². The SMILES string of the molecule is CCN(c1cccc(Cl)c1/C(N)=N/O)C1CCCC1. The highest BCUT2D eigenvalue weighted by atomic mass is 35.5. The molecule has 0 amide bonds. The summed E-state index contributed by atoms with van der Waals surface area (Å²) in [5, 5.41) is 12.6. The summed E-state index contributed by atoms with van der Waals surface area (Å²) in [6.07, 6.45) is 4.91. The van der Waals surface area contributed by atoms with Gasteiger partial charge in [0.25, 0.3) is 0 Å². The highest BCUT2D eigenvalue weighted by molar-refractivity contribution is 6.34. The van der Waals surface area contributed by atoms with Gasteiger partial charge >= 0.3 is 0 Å². The second-order valence-corrected chi connectivity index (χ2v) is 5.25. The summed E-state index contributed by atoms with van der Waals surface area (Å²) in [6.45, 7) is 3.01. The van der Waals surface area contributed by atoms with Crippen molar-refractivity contribution in [3.8, 4) is 0 Å². The largest absolute Gasteiger partial charge is 0.409 e. The lowest BCUT2D eigenvalue weighted by Crippen LogP contribution is -2.35. The van der Waals surface area contributed by atoms with E-state index in [4.69, 9.17) is 22.5 Å². The minimum Gasteiger partial charge on any atom is -0.409 e. The first-order valence-electron chi connectivity index (χ1n) is 6.72. The molecule has 1 aliphatic carbocycles. The van der Waals surface area contributed by atoms with Crippen molar-refractivity contribution in [3.05, 3.63) is 28.8 Å². The van der Waals surface area contributed by atoms with E-state index in [1.54, 1.807) is 6.07 Å². The average molecular weight is 282 g/mol. The van der Waals surface area contributed by atoms with Crippen molar-refractivity contribution in [2.75, 3.05) is 11.4 Å². The molecule has 5 heteroatoms. The minimum absolute atomic E-state index is 0.0667. The molecule has 0 radical (unpaired) electrons. The van der Waals surface area contributed by atoms with Gasteiger partial charge in [-0.05, 0) is 31.9 Å². The van der Waals surface area contributed by atoms with Gasteiger partial charge in [-0.2, -0.15) is 0 Å². The van der Waals surface area contributed by atoms with Crippen LogP contribution in [0.1, 0.15) is 38.2 Å². The highest BCUT2D eigenvalue weighted by Gasteiger charge is 2.25. The lowest BCUT2D eigenvalue weighted by atomic mass is 10.1. The Balaban J connectivity index is 2.44. The van der Waals surface area contributed by atoms with Crippen LogP contribution in [0.3, 0.4) is 0 Å². The van der Waals surface area contributed by atoms with E-state index in [2.05, 4.69) is 17.0 Å². The first-order chi connectivity index (χ1) is 9.19. The molecule has 0 bridgehead atoms. The maximum absolute atomic E-state index is 8.94. The summed E-state index contributed by atoms with van der Waals surface area (Å²) >= 11 is 6.21. The summed E-state index contributed by atoms with van der Waals surface area (Å²) < 4.78 is 0. The zero-order chi connectivity index (χ0) is 13.8. The molecular weight excluding hydrogens is 262 g/mol. The van der Waals surface area contributed by atoms with Gasteiger partial charge in [0.1, 0.15) is 0 Å². The molecule has 104 valence electrons. The van der Waals surface area contributed by atoms with Gasteiger partial charge in [0, 0.05) is 18.3 Å². The molecule has 0 saturated heterocycles. The van der Waals surface area contributed by atoms with E-state index in [0.29, 0.717) is 16.6 Å². The highest BCUT2D eigenvalue weighted by Crippen LogP contribution is 2.33. The molecule has 2 rings (SSSR count). The smallest absolute Gasteiger partial charge is 0.173 e. The molecule has 1 aliphatic rings. The second-order valence-electron chi connectivity index (χ2n) is 4.84. The number of hydrogen-bond donors (Lipinski definition) is 2. The minimum atomic E-state index is 0.0667. The molecule has 1 saturated carbocycles. The van der Waals surface area contributed by atoms with Gasteiger partial charge in [-0.15, -0.1) is 0 Å². The molecule has 19 heavy (non-hydrogen) atoms. The summed E-state index contributed by atoms with van der Waals surface area (Å²) in [5.41, 5.74) is 7.36. The number of halogens is 1. The Morgan fingerprint density at radius 3 is 2.74 bits per heavy atom. The molecule has 0 unspecified atom stereocenters. The Labute approximate surface area is 118 Å². The Morgan fingerprint density at radius 2 is 2.16 bits per heavy atom. The van der Waals surface area contributed by atoms with Crippen LogP contribution in [0.25, 0.3) is 0 Å². The van der Waals surface area contributed by atoms with Crippen molar-refractivity contribution in [3.63, 3.8) is 0 Å².